The number of fused-ring (bicyclic) bond motifs is 1. The van der Waals surface area contributed by atoms with Crippen LogP contribution in [0, 0.1) is 0 Å². The maximum atomic E-state index is 11.0. The van der Waals surface area contributed by atoms with Crippen molar-refractivity contribution in [2.75, 3.05) is 13.7 Å². The highest BCUT2D eigenvalue weighted by Crippen LogP contribution is 2.31. The van der Waals surface area contributed by atoms with Crippen molar-refractivity contribution in [3.05, 3.63) is 52.6 Å². The van der Waals surface area contributed by atoms with Crippen molar-refractivity contribution < 1.29 is 19.4 Å². The molecule has 0 spiro atoms. The van der Waals surface area contributed by atoms with Gasteiger partial charge in [-0.05, 0) is 53.8 Å². The van der Waals surface area contributed by atoms with E-state index in [9.17, 15) is 9.90 Å². The van der Waals surface area contributed by atoms with E-state index in [0.29, 0.717) is 6.29 Å². The van der Waals surface area contributed by atoms with Crippen LogP contribution in [0.25, 0.3) is 12.2 Å². The Balaban J connectivity index is 1.89. The van der Waals surface area contributed by atoms with Crippen LogP contribution in [0.1, 0.15) is 33.5 Å². The second kappa shape index (κ2) is 6.57. The van der Waals surface area contributed by atoms with E-state index in [1.165, 1.54) is 12.7 Å². The summed E-state index contributed by atoms with van der Waals surface area (Å²) in [5, 5.41) is 9.84. The topological polar surface area (TPSA) is 55.8 Å². The van der Waals surface area contributed by atoms with Gasteiger partial charge in [-0.25, -0.2) is 0 Å². The van der Waals surface area contributed by atoms with Crippen molar-refractivity contribution in [2.45, 2.75) is 12.8 Å². The predicted octanol–water partition coefficient (Wildman–Crippen LogP) is 3.71. The monoisotopic (exact) mass is 310 g/mol. The van der Waals surface area contributed by atoms with Crippen LogP contribution in [0.3, 0.4) is 0 Å². The Morgan fingerprint density at radius 1 is 1.17 bits per heavy atom. The normalized spacial score (nSPS) is 13.4. The predicted molar refractivity (Wildman–Crippen MR) is 89.2 cm³/mol. The number of ether oxygens (including phenoxy) is 2. The fraction of sp³-hybridized carbons (Fsp3) is 0.211. The zero-order valence-corrected chi connectivity index (χ0v) is 12.9. The van der Waals surface area contributed by atoms with Crippen molar-refractivity contribution in [1.82, 2.24) is 0 Å². The minimum atomic E-state index is -0.134. The lowest BCUT2D eigenvalue weighted by Gasteiger charge is -2.17. The van der Waals surface area contributed by atoms with Gasteiger partial charge in [0.05, 0.1) is 19.3 Å². The number of benzene rings is 2. The fourth-order valence-electron chi connectivity index (χ4n) is 2.67. The van der Waals surface area contributed by atoms with Gasteiger partial charge in [-0.2, -0.15) is 0 Å². The number of rotatable bonds is 4. The number of aldehydes is 1. The Morgan fingerprint density at radius 3 is 2.78 bits per heavy atom. The van der Waals surface area contributed by atoms with Crippen molar-refractivity contribution >= 4 is 18.4 Å². The fourth-order valence-corrected chi connectivity index (χ4v) is 2.67. The summed E-state index contributed by atoms with van der Waals surface area (Å²) in [7, 11) is 1.46. The second-order valence-corrected chi connectivity index (χ2v) is 5.43. The number of phenols is 1. The molecule has 0 radical (unpaired) electrons. The van der Waals surface area contributed by atoms with Crippen molar-refractivity contribution in [3.8, 4) is 17.2 Å². The smallest absolute Gasteiger partial charge is 0.168 e. The van der Waals surface area contributed by atoms with Crippen LogP contribution >= 0.6 is 0 Å². The molecule has 0 bridgehead atoms. The van der Waals surface area contributed by atoms with E-state index in [2.05, 4.69) is 6.07 Å². The molecule has 3 rings (SSSR count). The Kier molecular flexibility index (Phi) is 4.33. The molecule has 4 nitrogen and oxygen atoms in total. The van der Waals surface area contributed by atoms with Gasteiger partial charge in [0.15, 0.2) is 17.8 Å². The average molecular weight is 310 g/mol. The Labute approximate surface area is 135 Å². The summed E-state index contributed by atoms with van der Waals surface area (Å²) < 4.78 is 10.7. The molecule has 23 heavy (non-hydrogen) atoms. The molecule has 1 heterocycles. The molecular formula is C19H18O4. The molecule has 0 aromatic heterocycles. The molecule has 0 saturated heterocycles. The number of methoxy groups -OCH3 is 1. The molecule has 2 aromatic carbocycles. The first-order valence-corrected chi connectivity index (χ1v) is 7.51. The molecule has 118 valence electrons. The van der Waals surface area contributed by atoms with Gasteiger partial charge in [-0.15, -0.1) is 0 Å². The SMILES string of the molecule is COc1cc(C=Cc2ccc3c(c2)CCCO3)cc(C=O)c1O. The molecule has 1 N–H and O–H groups in total. The highest BCUT2D eigenvalue weighted by molar-refractivity contribution is 5.84. The summed E-state index contributed by atoms with van der Waals surface area (Å²) in [5.74, 6) is 1.11. The molecule has 4 heteroatoms. The average Bonchev–Trinajstić information content (AvgIpc) is 2.60. The summed E-state index contributed by atoms with van der Waals surface area (Å²) in [4.78, 5) is 11.0. The van der Waals surface area contributed by atoms with Crippen LogP contribution in [0.2, 0.25) is 0 Å². The molecule has 0 atom stereocenters. The second-order valence-electron chi connectivity index (χ2n) is 5.43. The Bertz CT molecular complexity index is 762. The Hall–Kier alpha value is -2.75. The minimum Gasteiger partial charge on any atom is -0.504 e. The molecule has 2 aromatic rings. The summed E-state index contributed by atoms with van der Waals surface area (Å²) in [5.41, 5.74) is 3.28. The highest BCUT2D eigenvalue weighted by Gasteiger charge is 2.10. The van der Waals surface area contributed by atoms with Crippen LogP contribution in [0.15, 0.2) is 30.3 Å². The van der Waals surface area contributed by atoms with Crippen molar-refractivity contribution in [3.63, 3.8) is 0 Å². The van der Waals surface area contributed by atoms with Crippen LogP contribution < -0.4 is 9.47 Å². The van der Waals surface area contributed by atoms with E-state index in [1.54, 1.807) is 12.1 Å². The number of carbonyl (C=O) groups is 1. The minimum absolute atomic E-state index is 0.134. The third kappa shape index (κ3) is 3.21. The maximum Gasteiger partial charge on any atom is 0.168 e. The molecule has 0 fully saturated rings. The molecule has 0 aliphatic carbocycles. The first kappa shape index (κ1) is 15.2. The first-order valence-electron chi connectivity index (χ1n) is 7.51. The Morgan fingerprint density at radius 2 is 2.00 bits per heavy atom. The third-order valence-corrected chi connectivity index (χ3v) is 3.87. The summed E-state index contributed by atoms with van der Waals surface area (Å²) in [6.07, 6.45) is 6.54. The molecule has 1 aliphatic rings. The van der Waals surface area contributed by atoms with Gasteiger partial charge in [0.1, 0.15) is 5.75 Å². The van der Waals surface area contributed by atoms with Crippen molar-refractivity contribution in [1.29, 1.82) is 0 Å². The highest BCUT2D eigenvalue weighted by atomic mass is 16.5. The van der Waals surface area contributed by atoms with Gasteiger partial charge in [0, 0.05) is 0 Å². The number of hydrogen-bond donors (Lipinski definition) is 1. The van der Waals surface area contributed by atoms with Gasteiger partial charge in [0.25, 0.3) is 0 Å². The van der Waals surface area contributed by atoms with E-state index < -0.39 is 0 Å². The number of phenolic OH excluding ortho intramolecular Hbond substituents is 1. The van der Waals surface area contributed by atoms with Crippen LogP contribution in [0.5, 0.6) is 17.2 Å². The first-order chi connectivity index (χ1) is 11.2. The molecule has 0 amide bonds. The van der Waals surface area contributed by atoms with Gasteiger partial charge >= 0.3 is 0 Å². The van der Waals surface area contributed by atoms with Gasteiger partial charge in [-0.1, -0.05) is 18.2 Å². The quantitative estimate of drug-likeness (QED) is 0.691. The molecule has 0 unspecified atom stereocenters. The van der Waals surface area contributed by atoms with E-state index in [0.717, 1.165) is 36.3 Å². The van der Waals surface area contributed by atoms with E-state index in [1.807, 2.05) is 24.3 Å². The lowest BCUT2D eigenvalue weighted by molar-refractivity contribution is 0.112. The van der Waals surface area contributed by atoms with Gasteiger partial charge in [0.2, 0.25) is 0 Å². The van der Waals surface area contributed by atoms with Gasteiger partial charge in [-0.3, -0.25) is 4.79 Å². The number of hydrogen-bond acceptors (Lipinski definition) is 4. The third-order valence-electron chi connectivity index (χ3n) is 3.87. The standard InChI is InChI=1S/C19H18O4/c1-22-18-11-14(10-16(12-20)19(18)21)5-4-13-6-7-17-15(9-13)3-2-8-23-17/h4-7,9-12,21H,2-3,8H2,1H3. The van der Waals surface area contributed by atoms with E-state index in [-0.39, 0.29) is 17.1 Å². The van der Waals surface area contributed by atoms with Gasteiger partial charge < -0.3 is 14.6 Å². The number of aromatic hydroxyl groups is 1. The van der Waals surface area contributed by atoms with Crippen LogP contribution in [-0.2, 0) is 6.42 Å². The molecule has 1 aliphatic heterocycles. The number of aryl methyl sites for hydroxylation is 1. The summed E-state index contributed by atoms with van der Waals surface area (Å²) >= 11 is 0. The number of carbonyl (C=O) groups excluding carboxylic acids is 1. The molecule has 0 saturated carbocycles. The zero-order chi connectivity index (χ0) is 16.2. The zero-order valence-electron chi connectivity index (χ0n) is 12.9. The summed E-state index contributed by atoms with van der Waals surface area (Å²) in [6, 6.07) is 9.42. The van der Waals surface area contributed by atoms with Crippen LogP contribution in [-0.4, -0.2) is 25.1 Å². The van der Waals surface area contributed by atoms with Crippen molar-refractivity contribution in [2.24, 2.45) is 0 Å². The summed E-state index contributed by atoms with van der Waals surface area (Å²) in [6.45, 7) is 0.782. The van der Waals surface area contributed by atoms with E-state index in [4.69, 9.17) is 9.47 Å². The lowest BCUT2D eigenvalue weighted by atomic mass is 10.0. The maximum absolute atomic E-state index is 11.0. The largest absolute Gasteiger partial charge is 0.504 e. The lowest BCUT2D eigenvalue weighted by Crippen LogP contribution is -2.07. The molecular weight excluding hydrogens is 292 g/mol. The van der Waals surface area contributed by atoms with Crippen LogP contribution in [0.4, 0.5) is 0 Å². The van der Waals surface area contributed by atoms with E-state index >= 15 is 0 Å².